The van der Waals surface area contributed by atoms with Crippen LogP contribution in [0.25, 0.3) is 49.4 Å². The van der Waals surface area contributed by atoms with E-state index in [1.54, 1.807) is 0 Å². The van der Waals surface area contributed by atoms with Crippen LogP contribution in [0.15, 0.2) is 77.2 Å². The quantitative estimate of drug-likeness (QED) is 0.316. The molecule has 0 aliphatic heterocycles. The van der Waals surface area contributed by atoms with Crippen LogP contribution in [0.3, 0.4) is 0 Å². The lowest BCUT2D eigenvalue weighted by Gasteiger charge is -2.03. The summed E-state index contributed by atoms with van der Waals surface area (Å²) in [5.74, 6) is 1.19. The van der Waals surface area contributed by atoms with Crippen LogP contribution in [0.5, 0.6) is 0 Å². The molecule has 6 aromatic rings. The highest BCUT2D eigenvalue weighted by atomic mass is 16.3. The Bertz CT molecular complexity index is 1580. The van der Waals surface area contributed by atoms with Crippen LogP contribution in [-0.4, -0.2) is 4.57 Å². The van der Waals surface area contributed by atoms with Crippen molar-refractivity contribution in [3.63, 3.8) is 0 Å². The Hall–Kier alpha value is -3.59. The molecule has 2 aromatic heterocycles. The predicted octanol–water partition coefficient (Wildman–Crippen LogP) is 6.12. The SMILES string of the molecule is Cc1ccccc1-n1c(C)[n+](C)c2cc3oc4c5ccccc5ccc4c3cc21. The van der Waals surface area contributed by atoms with Crippen molar-refractivity contribution in [3.8, 4) is 5.69 Å². The van der Waals surface area contributed by atoms with E-state index in [2.05, 4.69) is 103 Å². The smallest absolute Gasteiger partial charge is 0.259 e. The molecule has 0 saturated carbocycles. The molecule has 4 aromatic carbocycles. The monoisotopic (exact) mass is 377 g/mol. The number of para-hydroxylation sites is 1. The number of fused-ring (bicyclic) bond motifs is 6. The zero-order valence-electron chi connectivity index (χ0n) is 16.7. The van der Waals surface area contributed by atoms with Crippen LogP contribution < -0.4 is 4.57 Å². The number of aryl methyl sites for hydroxylation is 2. The number of furan rings is 1. The van der Waals surface area contributed by atoms with Crippen molar-refractivity contribution >= 4 is 43.7 Å². The summed E-state index contributed by atoms with van der Waals surface area (Å²) in [6.07, 6.45) is 0. The maximum Gasteiger partial charge on any atom is 0.259 e. The average molecular weight is 377 g/mol. The normalized spacial score (nSPS) is 12.0. The number of rotatable bonds is 1. The van der Waals surface area contributed by atoms with E-state index < -0.39 is 0 Å². The Balaban J connectivity index is 1.77. The Kier molecular flexibility index (Phi) is 3.22. The van der Waals surface area contributed by atoms with Crippen molar-refractivity contribution in [1.82, 2.24) is 4.57 Å². The first-order chi connectivity index (χ1) is 14.1. The molecule has 2 heterocycles. The molecule has 140 valence electrons. The fourth-order valence-electron chi connectivity index (χ4n) is 4.59. The Labute approximate surface area is 168 Å². The fourth-order valence-corrected chi connectivity index (χ4v) is 4.59. The molecule has 0 fully saturated rings. The van der Waals surface area contributed by atoms with Gasteiger partial charge in [-0.2, -0.15) is 4.57 Å². The summed E-state index contributed by atoms with van der Waals surface area (Å²) in [5.41, 5.74) is 6.74. The molecule has 0 spiro atoms. The first-order valence-electron chi connectivity index (χ1n) is 9.94. The molecule has 0 saturated heterocycles. The van der Waals surface area contributed by atoms with Gasteiger partial charge in [0.2, 0.25) is 0 Å². The average Bonchev–Trinajstić information content (AvgIpc) is 3.22. The van der Waals surface area contributed by atoms with Crippen molar-refractivity contribution in [2.75, 3.05) is 0 Å². The third-order valence-electron chi connectivity index (χ3n) is 6.23. The first kappa shape index (κ1) is 16.4. The van der Waals surface area contributed by atoms with E-state index in [1.165, 1.54) is 38.9 Å². The van der Waals surface area contributed by atoms with Crippen molar-refractivity contribution in [2.45, 2.75) is 13.8 Å². The van der Waals surface area contributed by atoms with Crippen molar-refractivity contribution in [1.29, 1.82) is 0 Å². The molecule has 0 bridgehead atoms. The van der Waals surface area contributed by atoms with Crippen LogP contribution in [0.1, 0.15) is 11.4 Å². The van der Waals surface area contributed by atoms with E-state index in [9.17, 15) is 0 Å². The molecular formula is C26H21N2O+. The zero-order valence-corrected chi connectivity index (χ0v) is 16.7. The van der Waals surface area contributed by atoms with Crippen LogP contribution in [0, 0.1) is 13.8 Å². The Morgan fingerprint density at radius 3 is 2.45 bits per heavy atom. The van der Waals surface area contributed by atoms with Gasteiger partial charge in [0.15, 0.2) is 11.0 Å². The molecule has 0 amide bonds. The number of benzene rings is 4. The zero-order chi connectivity index (χ0) is 19.7. The van der Waals surface area contributed by atoms with Gasteiger partial charge in [-0.1, -0.05) is 48.5 Å². The molecule has 0 atom stereocenters. The van der Waals surface area contributed by atoms with E-state index >= 15 is 0 Å². The summed E-state index contributed by atoms with van der Waals surface area (Å²) in [5, 5.41) is 4.69. The van der Waals surface area contributed by atoms with Gasteiger partial charge in [0.25, 0.3) is 5.82 Å². The third kappa shape index (κ3) is 2.16. The molecule has 0 aliphatic rings. The molecule has 0 unspecified atom stereocenters. The maximum atomic E-state index is 6.38. The molecule has 0 radical (unpaired) electrons. The molecule has 3 heteroatoms. The summed E-state index contributed by atoms with van der Waals surface area (Å²) in [4.78, 5) is 0. The lowest BCUT2D eigenvalue weighted by Crippen LogP contribution is -2.30. The van der Waals surface area contributed by atoms with Crippen LogP contribution in [-0.2, 0) is 7.05 Å². The molecular weight excluding hydrogens is 356 g/mol. The highest BCUT2D eigenvalue weighted by molar-refractivity contribution is 6.16. The minimum absolute atomic E-state index is 0.932. The lowest BCUT2D eigenvalue weighted by atomic mass is 10.1. The van der Waals surface area contributed by atoms with Crippen LogP contribution in [0.4, 0.5) is 0 Å². The largest absolute Gasteiger partial charge is 0.455 e. The van der Waals surface area contributed by atoms with E-state index in [0.717, 1.165) is 21.9 Å². The summed E-state index contributed by atoms with van der Waals surface area (Å²) in [6, 6.07) is 25.8. The highest BCUT2D eigenvalue weighted by Gasteiger charge is 2.24. The minimum Gasteiger partial charge on any atom is -0.455 e. The summed E-state index contributed by atoms with van der Waals surface area (Å²) in [7, 11) is 2.12. The number of nitrogens with zero attached hydrogens (tertiary/aromatic N) is 2. The van der Waals surface area contributed by atoms with Crippen molar-refractivity contribution in [2.24, 2.45) is 7.05 Å². The van der Waals surface area contributed by atoms with Crippen LogP contribution >= 0.6 is 0 Å². The van der Waals surface area contributed by atoms with E-state index in [1.807, 2.05) is 0 Å². The highest BCUT2D eigenvalue weighted by Crippen LogP contribution is 2.36. The second-order valence-corrected chi connectivity index (χ2v) is 7.83. The molecule has 6 rings (SSSR count). The van der Waals surface area contributed by atoms with E-state index in [4.69, 9.17) is 4.42 Å². The summed E-state index contributed by atoms with van der Waals surface area (Å²) < 4.78 is 11.0. The predicted molar refractivity (Wildman–Crippen MR) is 119 cm³/mol. The molecule has 3 nitrogen and oxygen atoms in total. The van der Waals surface area contributed by atoms with Gasteiger partial charge in [0, 0.05) is 35.2 Å². The maximum absolute atomic E-state index is 6.38. The number of hydrogen-bond acceptors (Lipinski definition) is 1. The van der Waals surface area contributed by atoms with Gasteiger partial charge in [-0.3, -0.25) is 0 Å². The second kappa shape index (κ2) is 5.71. The van der Waals surface area contributed by atoms with Crippen molar-refractivity contribution < 1.29 is 8.98 Å². The second-order valence-electron chi connectivity index (χ2n) is 7.83. The van der Waals surface area contributed by atoms with Gasteiger partial charge in [0.1, 0.15) is 16.9 Å². The van der Waals surface area contributed by atoms with Crippen LogP contribution in [0.2, 0.25) is 0 Å². The fraction of sp³-hybridized carbons (Fsp3) is 0.115. The lowest BCUT2D eigenvalue weighted by molar-refractivity contribution is -0.652. The molecule has 0 N–H and O–H groups in total. The van der Waals surface area contributed by atoms with E-state index in [0.29, 0.717) is 0 Å². The van der Waals surface area contributed by atoms with Gasteiger partial charge in [-0.25, -0.2) is 4.57 Å². The third-order valence-corrected chi connectivity index (χ3v) is 6.23. The topological polar surface area (TPSA) is 21.9 Å². The standard InChI is InChI=1S/C26H21N2O/c1-16-8-4-7-11-22(16)28-17(2)27(3)23-15-25-21(14-24(23)28)20-13-12-18-9-5-6-10-19(18)26(20)29-25/h4-15H,1-3H3/q+1. The summed E-state index contributed by atoms with van der Waals surface area (Å²) >= 11 is 0. The minimum atomic E-state index is 0.932. The van der Waals surface area contributed by atoms with Gasteiger partial charge in [-0.05, 0) is 30.0 Å². The molecule has 29 heavy (non-hydrogen) atoms. The Morgan fingerprint density at radius 2 is 1.59 bits per heavy atom. The summed E-state index contributed by atoms with van der Waals surface area (Å²) in [6.45, 7) is 4.33. The van der Waals surface area contributed by atoms with Crippen molar-refractivity contribution in [3.05, 3.63) is 84.2 Å². The first-order valence-corrected chi connectivity index (χ1v) is 9.94. The van der Waals surface area contributed by atoms with Gasteiger partial charge < -0.3 is 4.42 Å². The van der Waals surface area contributed by atoms with E-state index in [-0.39, 0.29) is 0 Å². The number of imidazole rings is 1. The van der Waals surface area contributed by atoms with Gasteiger partial charge >= 0.3 is 0 Å². The number of aromatic nitrogens is 2. The Morgan fingerprint density at radius 1 is 0.793 bits per heavy atom. The molecule has 0 aliphatic carbocycles. The number of hydrogen-bond donors (Lipinski definition) is 0. The van der Waals surface area contributed by atoms with Gasteiger partial charge in [-0.15, -0.1) is 0 Å². The van der Waals surface area contributed by atoms with Gasteiger partial charge in [0.05, 0.1) is 7.05 Å².